The Morgan fingerprint density at radius 2 is 1.55 bits per heavy atom. The van der Waals surface area contributed by atoms with Gasteiger partial charge in [0.2, 0.25) is 5.79 Å². The summed E-state index contributed by atoms with van der Waals surface area (Å²) < 4.78 is 35.9. The van der Waals surface area contributed by atoms with Gasteiger partial charge in [0.15, 0.2) is 17.5 Å². The van der Waals surface area contributed by atoms with Gasteiger partial charge in [0, 0.05) is 48.3 Å². The van der Waals surface area contributed by atoms with E-state index in [1.54, 1.807) is 6.92 Å². The average molecular weight is 661 g/mol. The summed E-state index contributed by atoms with van der Waals surface area (Å²) in [7, 11) is 0. The molecule has 8 aliphatic rings. The van der Waals surface area contributed by atoms with Crippen LogP contribution in [0.25, 0.3) is 0 Å². The molecule has 47 heavy (non-hydrogen) atoms. The van der Waals surface area contributed by atoms with E-state index in [2.05, 4.69) is 0 Å². The van der Waals surface area contributed by atoms with Crippen molar-refractivity contribution >= 4 is 30.2 Å². The van der Waals surface area contributed by atoms with Crippen molar-refractivity contribution in [1.82, 2.24) is 0 Å². The molecule has 8 rings (SSSR count). The molecule has 0 bridgehead atoms. The van der Waals surface area contributed by atoms with Gasteiger partial charge in [0.05, 0.1) is 17.6 Å². The number of carbonyl (C=O) groups is 5. The fourth-order valence-electron chi connectivity index (χ4n) is 13.3. The summed E-state index contributed by atoms with van der Waals surface area (Å²) in [6, 6.07) is 0. The first-order chi connectivity index (χ1) is 21.9. The number of epoxide rings is 2. The summed E-state index contributed by atoms with van der Waals surface area (Å²) >= 11 is 0. The monoisotopic (exact) mass is 660 g/mol. The fraction of sp³-hybridized carbons (Fsp3) is 0.853. The van der Waals surface area contributed by atoms with Gasteiger partial charge in [-0.15, -0.1) is 0 Å². The summed E-state index contributed by atoms with van der Waals surface area (Å²) in [5, 5.41) is 24.6. The van der Waals surface area contributed by atoms with Crippen LogP contribution in [0.3, 0.4) is 0 Å². The van der Waals surface area contributed by atoms with Crippen molar-refractivity contribution in [3.8, 4) is 0 Å². The normalized spacial score (nSPS) is 60.6. The van der Waals surface area contributed by atoms with Gasteiger partial charge in [0.25, 0.3) is 6.47 Å². The van der Waals surface area contributed by atoms with Crippen LogP contribution in [-0.2, 0) is 52.4 Å². The Bertz CT molecular complexity index is 1490. The summed E-state index contributed by atoms with van der Waals surface area (Å²) in [5.74, 6) is -8.89. The van der Waals surface area contributed by atoms with Crippen molar-refractivity contribution in [2.45, 2.75) is 116 Å². The van der Waals surface area contributed by atoms with E-state index >= 15 is 0 Å². The van der Waals surface area contributed by atoms with E-state index in [9.17, 15) is 34.2 Å². The first-order valence-electron chi connectivity index (χ1n) is 16.8. The zero-order valence-electron chi connectivity index (χ0n) is 27.8. The first kappa shape index (κ1) is 31.6. The number of aliphatic hydroxyl groups excluding tert-OH is 1. The van der Waals surface area contributed by atoms with Crippen LogP contribution in [0.1, 0.15) is 61.8 Å². The highest BCUT2D eigenvalue weighted by atomic mass is 16.8. The maximum atomic E-state index is 14.9. The van der Waals surface area contributed by atoms with E-state index < -0.39 is 124 Å². The number of Topliss-reactive ketones (excluding diaryl/α,β-unsaturated/α-hetero) is 1. The molecule has 13 heteroatoms. The summed E-state index contributed by atoms with van der Waals surface area (Å²) in [6.45, 7) is 13.7. The highest BCUT2D eigenvalue weighted by Gasteiger charge is 2.93. The van der Waals surface area contributed by atoms with E-state index in [-0.39, 0.29) is 24.3 Å². The molecule has 2 N–H and O–H groups in total. The number of hydrogen-bond donors (Lipinski definition) is 2. The van der Waals surface area contributed by atoms with Crippen molar-refractivity contribution in [1.29, 1.82) is 0 Å². The van der Waals surface area contributed by atoms with Crippen molar-refractivity contribution < 1.29 is 62.6 Å². The lowest BCUT2D eigenvalue weighted by Gasteiger charge is -2.65. The number of ketones is 1. The predicted octanol–water partition coefficient (Wildman–Crippen LogP) is 0.938. The molecule has 258 valence electrons. The average Bonchev–Trinajstić information content (AvgIpc) is 3.88. The van der Waals surface area contributed by atoms with Gasteiger partial charge in [-0.2, -0.15) is 0 Å². The second-order valence-corrected chi connectivity index (χ2v) is 16.5. The number of rotatable bonds is 4. The standard InChI is InChI=1S/C34H44O13/c1-11-18-17(22(38)24(42-10-35)15-9-16-25(45-16)28(30(15,18)5)44-14(4)37)20-23(39)21-19(31(20,6)26(11)43-13(3)36)12(2)27-34(46-27)32(21,7)33(8,41)29(40)47-34/h10-12,15-21,23-28,39,41H,9H2,1-8H3/t11-,12-,15+,16-,17+,18-,19-,20+,21-,23+,24?,25-,26-,27+,28-,30-,31+,32-,33+,34-/m0/s1. The number of hydrogen-bond acceptors (Lipinski definition) is 13. The number of ether oxygens (including phenoxy) is 6. The lowest BCUT2D eigenvalue weighted by molar-refractivity contribution is -0.248. The molecule has 5 saturated carbocycles. The molecule has 20 atom stereocenters. The minimum Gasteiger partial charge on any atom is -0.462 e. The zero-order valence-corrected chi connectivity index (χ0v) is 27.8. The maximum Gasteiger partial charge on any atom is 0.341 e. The van der Waals surface area contributed by atoms with Gasteiger partial charge < -0.3 is 38.6 Å². The molecule has 8 fully saturated rings. The first-order valence-corrected chi connectivity index (χ1v) is 16.8. The Hall–Kier alpha value is -2.61. The minimum atomic E-state index is -2.05. The van der Waals surface area contributed by atoms with E-state index in [4.69, 9.17) is 28.4 Å². The van der Waals surface area contributed by atoms with Crippen LogP contribution in [-0.4, -0.2) is 94.5 Å². The third-order valence-corrected chi connectivity index (χ3v) is 15.0. The smallest absolute Gasteiger partial charge is 0.341 e. The number of aliphatic hydroxyl groups is 2. The summed E-state index contributed by atoms with van der Waals surface area (Å²) in [5.41, 5.74) is -5.55. The van der Waals surface area contributed by atoms with Gasteiger partial charge in [-0.05, 0) is 43.9 Å². The second-order valence-electron chi connectivity index (χ2n) is 16.5. The quantitative estimate of drug-likeness (QED) is 0.188. The SMILES string of the molecule is CC(=O)O[C@H]1[C@@H](C)[C@H]2[C@@H](C(=O)C(OC=O)[C@H]3C[C@@H]4O[C@@H]4[C@H](OC(C)=O)[C@]23C)[C@@H]2[C@@H](O)[C@@H]3[C@H]([C@H](C)[C@H]4O[C@]45OC(=O)[C@@](C)(O)[C@]35C)[C@]21C. The molecule has 3 aliphatic heterocycles. The number of carbonyl (C=O) groups excluding carboxylic acids is 5. The Labute approximate surface area is 272 Å². The molecule has 3 saturated heterocycles. The summed E-state index contributed by atoms with van der Waals surface area (Å²) in [4.78, 5) is 65.7. The van der Waals surface area contributed by atoms with Gasteiger partial charge in [-0.1, -0.05) is 27.7 Å². The third kappa shape index (κ3) is 3.29. The molecular weight excluding hydrogens is 616 g/mol. The van der Waals surface area contributed by atoms with Crippen LogP contribution in [0.2, 0.25) is 0 Å². The molecule has 1 spiro atoms. The molecule has 0 amide bonds. The Morgan fingerprint density at radius 1 is 0.915 bits per heavy atom. The van der Waals surface area contributed by atoms with Gasteiger partial charge in [0.1, 0.15) is 24.4 Å². The van der Waals surface area contributed by atoms with E-state index in [1.165, 1.54) is 20.8 Å². The minimum absolute atomic E-state index is 0.262. The van der Waals surface area contributed by atoms with E-state index in [0.717, 1.165) is 0 Å². The van der Waals surface area contributed by atoms with Crippen LogP contribution in [0, 0.1) is 63.6 Å². The molecule has 1 unspecified atom stereocenters. The Kier molecular flexibility index (Phi) is 6.15. The van der Waals surface area contributed by atoms with Gasteiger partial charge in [-0.3, -0.25) is 19.2 Å². The van der Waals surface area contributed by atoms with Crippen molar-refractivity contribution in [3.63, 3.8) is 0 Å². The molecule has 0 aromatic carbocycles. The van der Waals surface area contributed by atoms with Crippen molar-refractivity contribution in [3.05, 3.63) is 0 Å². The lowest BCUT2D eigenvalue weighted by Crippen LogP contribution is -2.72. The predicted molar refractivity (Wildman–Crippen MR) is 154 cm³/mol. The number of fused-ring (bicyclic) bond motifs is 9. The van der Waals surface area contributed by atoms with Gasteiger partial charge in [-0.25, -0.2) is 4.79 Å². The van der Waals surface area contributed by atoms with Crippen LogP contribution in [0.4, 0.5) is 0 Å². The van der Waals surface area contributed by atoms with Crippen LogP contribution >= 0.6 is 0 Å². The second kappa shape index (κ2) is 9.13. The molecule has 0 radical (unpaired) electrons. The van der Waals surface area contributed by atoms with Gasteiger partial charge >= 0.3 is 17.9 Å². The molecule has 13 nitrogen and oxygen atoms in total. The Balaban J connectivity index is 1.36. The summed E-state index contributed by atoms with van der Waals surface area (Å²) in [6.07, 6.45) is -5.03. The van der Waals surface area contributed by atoms with Crippen molar-refractivity contribution in [2.24, 2.45) is 63.6 Å². The van der Waals surface area contributed by atoms with E-state index in [1.807, 2.05) is 27.7 Å². The topological polar surface area (TPSA) is 188 Å². The highest BCUT2D eigenvalue weighted by molar-refractivity contribution is 5.89. The third-order valence-electron chi connectivity index (χ3n) is 15.0. The van der Waals surface area contributed by atoms with Crippen LogP contribution in [0.15, 0.2) is 0 Å². The molecule has 0 aromatic rings. The van der Waals surface area contributed by atoms with Crippen molar-refractivity contribution in [2.75, 3.05) is 0 Å². The number of esters is 3. The molecule has 0 aromatic heterocycles. The maximum absolute atomic E-state index is 14.9. The molecular formula is C34H44O13. The Morgan fingerprint density at radius 3 is 2.17 bits per heavy atom. The lowest BCUT2D eigenvalue weighted by atomic mass is 9.39. The fourth-order valence-corrected chi connectivity index (χ4v) is 13.3. The van der Waals surface area contributed by atoms with E-state index in [0.29, 0.717) is 6.42 Å². The molecule has 3 heterocycles. The zero-order chi connectivity index (χ0) is 34.1. The highest BCUT2D eigenvalue weighted by Crippen LogP contribution is 2.81. The largest absolute Gasteiger partial charge is 0.462 e. The van der Waals surface area contributed by atoms with Crippen LogP contribution in [0.5, 0.6) is 0 Å². The van der Waals surface area contributed by atoms with Crippen LogP contribution < -0.4 is 0 Å². The molecule has 5 aliphatic carbocycles.